The van der Waals surface area contributed by atoms with E-state index in [1.54, 1.807) is 31.2 Å². The van der Waals surface area contributed by atoms with Gasteiger partial charge in [0.05, 0.1) is 11.2 Å². The molecule has 1 fully saturated rings. The SMILES string of the molecule is CC1(NS(=O)O)C=CC(Cl)=CC1Cc1ccc(N2CC(=O)NS2(=O)=O)c(O)c1. The quantitative estimate of drug-likeness (QED) is 0.495. The fourth-order valence-corrected chi connectivity index (χ4v) is 5.16. The Hall–Kier alpha value is -1.92. The molecule has 1 aliphatic carbocycles. The van der Waals surface area contributed by atoms with Gasteiger partial charge in [0.15, 0.2) is 0 Å². The van der Waals surface area contributed by atoms with Crippen LogP contribution in [0.15, 0.2) is 41.5 Å². The summed E-state index contributed by atoms with van der Waals surface area (Å²) in [6.45, 7) is 1.33. The molecule has 1 aromatic carbocycles. The standard InChI is InChI=1S/C16H18ClN3O6S2/c1-16(19-27(23)24)5-4-12(17)8-11(16)6-10-2-3-13(14(21)7-10)20-9-15(22)18-28(20,25)26/h2-5,7-8,11,19,21H,6,9H2,1H3,(H,18,22)(H,23,24). The Kier molecular flexibility index (Phi) is 5.56. The van der Waals surface area contributed by atoms with Crippen LogP contribution in [0.25, 0.3) is 0 Å². The molecule has 0 spiro atoms. The Morgan fingerprint density at radius 2 is 2.18 bits per heavy atom. The van der Waals surface area contributed by atoms with E-state index in [1.165, 1.54) is 12.1 Å². The van der Waals surface area contributed by atoms with Crippen molar-refractivity contribution in [3.8, 4) is 5.75 Å². The highest BCUT2D eigenvalue weighted by Crippen LogP contribution is 2.35. The molecule has 1 aliphatic heterocycles. The maximum Gasteiger partial charge on any atom is 0.326 e. The molecule has 1 aromatic rings. The largest absolute Gasteiger partial charge is 0.506 e. The molecule has 2 aliphatic rings. The zero-order chi connectivity index (χ0) is 20.7. The second kappa shape index (κ2) is 7.48. The predicted octanol–water partition coefficient (Wildman–Crippen LogP) is 0.909. The van der Waals surface area contributed by atoms with Crippen LogP contribution in [0.5, 0.6) is 5.75 Å². The fraction of sp³-hybridized carbons (Fsp3) is 0.312. The van der Waals surface area contributed by atoms with Crippen LogP contribution in [0.2, 0.25) is 0 Å². The summed E-state index contributed by atoms with van der Waals surface area (Å²) in [5, 5.41) is 10.8. The second-order valence-corrected chi connectivity index (χ2v) is 9.42. The van der Waals surface area contributed by atoms with Gasteiger partial charge in [0.1, 0.15) is 12.3 Å². The minimum Gasteiger partial charge on any atom is -0.506 e. The first-order valence-corrected chi connectivity index (χ1v) is 11.0. The lowest BCUT2D eigenvalue weighted by atomic mass is 9.79. The molecule has 3 atom stereocenters. The van der Waals surface area contributed by atoms with Gasteiger partial charge in [-0.3, -0.25) is 9.35 Å². The van der Waals surface area contributed by atoms with Crippen LogP contribution in [-0.2, 0) is 32.7 Å². The number of phenols is 1. The minimum absolute atomic E-state index is 0.0171. The van der Waals surface area contributed by atoms with Gasteiger partial charge in [-0.25, -0.2) is 18.0 Å². The van der Waals surface area contributed by atoms with Crippen molar-refractivity contribution >= 4 is 44.7 Å². The van der Waals surface area contributed by atoms with Crippen LogP contribution in [0.3, 0.4) is 0 Å². The van der Waals surface area contributed by atoms with E-state index in [0.717, 1.165) is 4.31 Å². The molecule has 28 heavy (non-hydrogen) atoms. The number of rotatable bonds is 5. The molecule has 12 heteroatoms. The van der Waals surface area contributed by atoms with Gasteiger partial charge in [0, 0.05) is 11.0 Å². The van der Waals surface area contributed by atoms with Crippen molar-refractivity contribution in [3.63, 3.8) is 0 Å². The van der Waals surface area contributed by atoms with Gasteiger partial charge in [0.2, 0.25) is 11.3 Å². The third-order valence-electron chi connectivity index (χ3n) is 4.61. The zero-order valence-corrected chi connectivity index (χ0v) is 17.0. The summed E-state index contributed by atoms with van der Waals surface area (Å²) < 4.78 is 49.6. The van der Waals surface area contributed by atoms with E-state index in [-0.39, 0.29) is 17.4 Å². The number of amides is 1. The maximum absolute atomic E-state index is 11.9. The summed E-state index contributed by atoms with van der Waals surface area (Å²) >= 11 is 3.83. The van der Waals surface area contributed by atoms with Crippen LogP contribution in [0, 0.1) is 5.92 Å². The average molecular weight is 448 g/mol. The van der Waals surface area contributed by atoms with Crippen LogP contribution < -0.4 is 13.7 Å². The van der Waals surface area contributed by atoms with Crippen molar-refractivity contribution in [1.29, 1.82) is 0 Å². The normalized spacial score (nSPS) is 27.4. The number of hydrogen-bond acceptors (Lipinski definition) is 5. The Morgan fingerprint density at radius 3 is 2.75 bits per heavy atom. The molecule has 1 saturated heterocycles. The van der Waals surface area contributed by atoms with Crippen molar-refractivity contribution in [2.45, 2.75) is 18.9 Å². The first kappa shape index (κ1) is 20.8. The Balaban J connectivity index is 1.87. The number of benzene rings is 1. The summed E-state index contributed by atoms with van der Waals surface area (Å²) in [5.41, 5.74) is -0.229. The molecule has 0 bridgehead atoms. The molecule has 0 aromatic heterocycles. The summed E-state index contributed by atoms with van der Waals surface area (Å²) in [6.07, 6.45) is 5.40. The Bertz CT molecular complexity index is 1010. The third kappa shape index (κ3) is 4.23. The molecule has 0 radical (unpaired) electrons. The van der Waals surface area contributed by atoms with Crippen molar-refractivity contribution in [3.05, 3.63) is 47.0 Å². The summed E-state index contributed by atoms with van der Waals surface area (Å²) in [7, 11) is -4.03. The molecule has 3 unspecified atom stereocenters. The van der Waals surface area contributed by atoms with Gasteiger partial charge >= 0.3 is 10.2 Å². The lowest BCUT2D eigenvalue weighted by molar-refractivity contribution is -0.117. The van der Waals surface area contributed by atoms with Gasteiger partial charge < -0.3 is 5.11 Å². The topological polar surface area (TPSA) is 136 Å². The van der Waals surface area contributed by atoms with Crippen molar-refractivity contribution in [2.24, 2.45) is 5.92 Å². The van der Waals surface area contributed by atoms with Crippen molar-refractivity contribution < 1.29 is 27.1 Å². The lowest BCUT2D eigenvalue weighted by Crippen LogP contribution is -2.48. The highest BCUT2D eigenvalue weighted by atomic mass is 35.5. The summed E-state index contributed by atoms with van der Waals surface area (Å²) in [5.74, 6) is -1.30. The average Bonchev–Trinajstić information content (AvgIpc) is 2.83. The number of phenolic OH excluding ortho intramolecular Hbond substituents is 1. The number of hydrogen-bond donors (Lipinski definition) is 4. The number of allylic oxidation sites excluding steroid dienone is 2. The van der Waals surface area contributed by atoms with Gasteiger partial charge in [-0.1, -0.05) is 29.8 Å². The number of nitrogens with zero attached hydrogens (tertiary/aromatic N) is 1. The van der Waals surface area contributed by atoms with E-state index in [0.29, 0.717) is 17.0 Å². The van der Waals surface area contributed by atoms with E-state index in [4.69, 9.17) is 11.6 Å². The van der Waals surface area contributed by atoms with Crippen molar-refractivity contribution in [2.75, 3.05) is 10.8 Å². The smallest absolute Gasteiger partial charge is 0.326 e. The first-order chi connectivity index (χ1) is 13.0. The molecular formula is C16H18ClN3O6S2. The molecule has 0 saturated carbocycles. The Morgan fingerprint density at radius 1 is 1.46 bits per heavy atom. The first-order valence-electron chi connectivity index (χ1n) is 8.10. The number of anilines is 1. The van der Waals surface area contributed by atoms with Gasteiger partial charge in [-0.05, 0) is 37.1 Å². The molecule has 9 nitrogen and oxygen atoms in total. The molecule has 1 heterocycles. The van der Waals surface area contributed by atoms with Crippen LogP contribution >= 0.6 is 11.6 Å². The molecule has 152 valence electrons. The van der Waals surface area contributed by atoms with E-state index in [9.17, 15) is 27.1 Å². The van der Waals surface area contributed by atoms with E-state index in [2.05, 4.69) is 4.72 Å². The highest BCUT2D eigenvalue weighted by Gasteiger charge is 2.36. The summed E-state index contributed by atoms with van der Waals surface area (Å²) in [6, 6.07) is 4.41. The lowest BCUT2D eigenvalue weighted by Gasteiger charge is -2.35. The number of carbonyl (C=O) groups is 1. The van der Waals surface area contributed by atoms with Gasteiger partial charge in [-0.2, -0.15) is 8.42 Å². The number of nitrogens with one attached hydrogen (secondary N) is 2. The van der Waals surface area contributed by atoms with E-state index in [1.807, 2.05) is 4.72 Å². The number of halogens is 1. The molecular weight excluding hydrogens is 430 g/mol. The number of aromatic hydroxyl groups is 1. The molecule has 3 rings (SSSR count). The third-order valence-corrected chi connectivity index (χ3v) is 6.87. The van der Waals surface area contributed by atoms with E-state index < -0.39 is 39.5 Å². The monoisotopic (exact) mass is 447 g/mol. The predicted molar refractivity (Wildman–Crippen MR) is 105 cm³/mol. The molecule has 4 N–H and O–H groups in total. The summed E-state index contributed by atoms with van der Waals surface area (Å²) in [4.78, 5) is 11.4. The van der Waals surface area contributed by atoms with Crippen LogP contribution in [-0.4, -0.2) is 40.3 Å². The fourth-order valence-electron chi connectivity index (χ4n) is 3.19. The zero-order valence-electron chi connectivity index (χ0n) is 14.6. The minimum atomic E-state index is -4.03. The van der Waals surface area contributed by atoms with Crippen molar-refractivity contribution in [1.82, 2.24) is 9.44 Å². The molecule has 1 amide bonds. The second-order valence-electron chi connectivity index (χ2n) is 6.69. The maximum atomic E-state index is 11.9. The van der Waals surface area contributed by atoms with E-state index >= 15 is 0 Å². The Labute approximate surface area is 169 Å². The van der Waals surface area contributed by atoms with Gasteiger partial charge in [0.25, 0.3) is 5.91 Å². The van der Waals surface area contributed by atoms with Crippen LogP contribution in [0.4, 0.5) is 5.69 Å². The van der Waals surface area contributed by atoms with Gasteiger partial charge in [-0.15, -0.1) is 0 Å². The van der Waals surface area contributed by atoms with Crippen LogP contribution in [0.1, 0.15) is 12.5 Å². The highest BCUT2D eigenvalue weighted by molar-refractivity contribution is 7.92. The number of carbonyl (C=O) groups excluding carboxylic acids is 1.